The van der Waals surface area contributed by atoms with Gasteiger partial charge in [0.05, 0.1) is 5.69 Å². The van der Waals surface area contributed by atoms with Crippen LogP contribution in [-0.2, 0) is 6.54 Å². The standard InChI is InChI=1S/C19H28N6O/c1-14-10-15(22-26-14)12-24-8-6-17(7-9-24)25(16-4-5-16)19-11-18(23(2)3)20-13-21-19/h10-11,13,16-17H,4-9,12H2,1-3H3. The third kappa shape index (κ3) is 3.82. The van der Waals surface area contributed by atoms with Crippen LogP contribution in [0.15, 0.2) is 23.0 Å². The molecule has 1 saturated carbocycles. The lowest BCUT2D eigenvalue weighted by molar-refractivity contribution is 0.195. The highest BCUT2D eigenvalue weighted by molar-refractivity contribution is 5.51. The van der Waals surface area contributed by atoms with Gasteiger partial charge in [-0.15, -0.1) is 0 Å². The van der Waals surface area contributed by atoms with Crippen LogP contribution in [0.2, 0.25) is 0 Å². The lowest BCUT2D eigenvalue weighted by Gasteiger charge is -2.39. The van der Waals surface area contributed by atoms with E-state index in [9.17, 15) is 0 Å². The number of rotatable bonds is 6. The molecule has 2 aliphatic rings. The van der Waals surface area contributed by atoms with Crippen molar-refractivity contribution in [3.8, 4) is 0 Å². The molecule has 0 bridgehead atoms. The van der Waals surface area contributed by atoms with Crippen LogP contribution in [0, 0.1) is 6.92 Å². The number of likely N-dealkylation sites (tertiary alicyclic amines) is 1. The van der Waals surface area contributed by atoms with Crippen molar-refractivity contribution in [2.24, 2.45) is 0 Å². The number of aryl methyl sites for hydroxylation is 1. The predicted molar refractivity (Wildman–Crippen MR) is 101 cm³/mol. The van der Waals surface area contributed by atoms with Gasteiger partial charge < -0.3 is 14.3 Å². The third-order valence-corrected chi connectivity index (χ3v) is 5.31. The topological polar surface area (TPSA) is 61.5 Å². The van der Waals surface area contributed by atoms with Gasteiger partial charge in [-0.05, 0) is 32.6 Å². The SMILES string of the molecule is Cc1cc(CN2CCC(N(c3cc(N(C)C)ncn3)C3CC3)CC2)no1. The van der Waals surface area contributed by atoms with E-state index in [2.05, 4.69) is 31.0 Å². The molecule has 0 spiro atoms. The van der Waals surface area contributed by atoms with E-state index in [0.29, 0.717) is 12.1 Å². The molecule has 1 aliphatic heterocycles. The van der Waals surface area contributed by atoms with Gasteiger partial charge in [0, 0.05) is 57.9 Å². The van der Waals surface area contributed by atoms with Crippen LogP contribution in [-0.4, -0.2) is 59.3 Å². The van der Waals surface area contributed by atoms with Crippen molar-refractivity contribution >= 4 is 11.6 Å². The van der Waals surface area contributed by atoms with Crippen molar-refractivity contribution in [3.63, 3.8) is 0 Å². The van der Waals surface area contributed by atoms with E-state index >= 15 is 0 Å². The van der Waals surface area contributed by atoms with Crippen LogP contribution in [0.3, 0.4) is 0 Å². The van der Waals surface area contributed by atoms with Crippen LogP contribution in [0.4, 0.5) is 11.6 Å². The van der Waals surface area contributed by atoms with Crippen molar-refractivity contribution in [2.75, 3.05) is 37.0 Å². The van der Waals surface area contributed by atoms with Gasteiger partial charge >= 0.3 is 0 Å². The second-order valence-corrected chi connectivity index (χ2v) is 7.70. The molecule has 7 heteroatoms. The van der Waals surface area contributed by atoms with Crippen molar-refractivity contribution in [2.45, 2.75) is 51.2 Å². The highest BCUT2D eigenvalue weighted by Gasteiger charge is 2.36. The van der Waals surface area contributed by atoms with Crippen LogP contribution >= 0.6 is 0 Å². The molecule has 4 rings (SSSR count). The second-order valence-electron chi connectivity index (χ2n) is 7.70. The van der Waals surface area contributed by atoms with Crippen LogP contribution in [0.25, 0.3) is 0 Å². The van der Waals surface area contributed by atoms with Crippen LogP contribution in [0.1, 0.15) is 37.1 Å². The molecule has 0 aromatic carbocycles. The van der Waals surface area contributed by atoms with Gasteiger partial charge in [-0.25, -0.2) is 9.97 Å². The molecule has 0 unspecified atom stereocenters. The molecule has 0 N–H and O–H groups in total. The van der Waals surface area contributed by atoms with Gasteiger partial charge in [0.15, 0.2) is 0 Å². The molecular weight excluding hydrogens is 328 g/mol. The van der Waals surface area contributed by atoms with E-state index in [1.165, 1.54) is 12.8 Å². The van der Waals surface area contributed by atoms with E-state index in [4.69, 9.17) is 4.52 Å². The maximum absolute atomic E-state index is 5.19. The van der Waals surface area contributed by atoms with Gasteiger partial charge in [-0.2, -0.15) is 0 Å². The average molecular weight is 356 g/mol. The van der Waals surface area contributed by atoms with E-state index < -0.39 is 0 Å². The van der Waals surface area contributed by atoms with Crippen molar-refractivity contribution in [3.05, 3.63) is 29.9 Å². The summed E-state index contributed by atoms with van der Waals surface area (Å²) in [6, 6.07) is 5.37. The molecule has 0 amide bonds. The summed E-state index contributed by atoms with van der Waals surface area (Å²) in [5.41, 5.74) is 1.03. The van der Waals surface area contributed by atoms with E-state index in [0.717, 1.165) is 55.6 Å². The zero-order chi connectivity index (χ0) is 18.1. The molecule has 26 heavy (non-hydrogen) atoms. The largest absolute Gasteiger partial charge is 0.363 e. The number of piperidine rings is 1. The first-order chi connectivity index (χ1) is 12.6. The fourth-order valence-electron chi connectivity index (χ4n) is 3.83. The summed E-state index contributed by atoms with van der Waals surface area (Å²) in [5.74, 6) is 2.94. The Bertz CT molecular complexity index is 733. The molecule has 0 atom stereocenters. The van der Waals surface area contributed by atoms with Gasteiger partial charge in [-0.3, -0.25) is 4.90 Å². The minimum atomic E-state index is 0.558. The maximum atomic E-state index is 5.19. The predicted octanol–water partition coefficient (Wildman–Crippen LogP) is 2.47. The van der Waals surface area contributed by atoms with E-state index in [1.54, 1.807) is 6.33 Å². The zero-order valence-electron chi connectivity index (χ0n) is 15.9. The first kappa shape index (κ1) is 17.3. The smallest absolute Gasteiger partial charge is 0.134 e. The maximum Gasteiger partial charge on any atom is 0.134 e. The number of hydrogen-bond acceptors (Lipinski definition) is 7. The van der Waals surface area contributed by atoms with Gasteiger partial charge in [0.2, 0.25) is 0 Å². The minimum absolute atomic E-state index is 0.558. The van der Waals surface area contributed by atoms with E-state index in [1.807, 2.05) is 32.0 Å². The Balaban J connectivity index is 1.42. The molecule has 1 aliphatic carbocycles. The summed E-state index contributed by atoms with van der Waals surface area (Å²) in [7, 11) is 4.05. The van der Waals surface area contributed by atoms with Gasteiger partial charge in [0.25, 0.3) is 0 Å². The molecule has 2 fully saturated rings. The fourth-order valence-corrected chi connectivity index (χ4v) is 3.83. The summed E-state index contributed by atoms with van der Waals surface area (Å²) < 4.78 is 5.19. The Labute approximate surface area is 155 Å². The number of nitrogens with zero attached hydrogens (tertiary/aromatic N) is 6. The van der Waals surface area contributed by atoms with Crippen LogP contribution in [0.5, 0.6) is 0 Å². The Morgan fingerprint density at radius 2 is 1.73 bits per heavy atom. The molecule has 2 aromatic rings. The summed E-state index contributed by atoms with van der Waals surface area (Å²) in [6.45, 7) is 5.00. The summed E-state index contributed by atoms with van der Waals surface area (Å²) in [4.78, 5) is 16.0. The lowest BCUT2D eigenvalue weighted by atomic mass is 10.0. The molecule has 7 nitrogen and oxygen atoms in total. The summed E-state index contributed by atoms with van der Waals surface area (Å²) in [5, 5.41) is 4.13. The molecular formula is C19H28N6O. The Kier molecular flexibility index (Phi) is 4.80. The van der Waals surface area contributed by atoms with E-state index in [-0.39, 0.29) is 0 Å². The van der Waals surface area contributed by atoms with Crippen molar-refractivity contribution in [1.29, 1.82) is 0 Å². The highest BCUT2D eigenvalue weighted by Crippen LogP contribution is 2.36. The normalized spacial score (nSPS) is 18.9. The Morgan fingerprint density at radius 1 is 1.04 bits per heavy atom. The van der Waals surface area contributed by atoms with Gasteiger partial charge in [-0.1, -0.05) is 5.16 Å². The van der Waals surface area contributed by atoms with Gasteiger partial charge in [0.1, 0.15) is 23.7 Å². The zero-order valence-corrected chi connectivity index (χ0v) is 15.9. The molecule has 1 saturated heterocycles. The fraction of sp³-hybridized carbons (Fsp3) is 0.632. The lowest BCUT2D eigenvalue weighted by Crippen LogP contribution is -2.46. The molecule has 140 valence electrons. The molecule has 0 radical (unpaired) electrons. The quantitative estimate of drug-likeness (QED) is 0.788. The average Bonchev–Trinajstić information content (AvgIpc) is 3.39. The molecule has 3 heterocycles. The monoisotopic (exact) mass is 356 g/mol. The Hall–Kier alpha value is -2.15. The van der Waals surface area contributed by atoms with Crippen LogP contribution < -0.4 is 9.80 Å². The highest BCUT2D eigenvalue weighted by atomic mass is 16.5. The third-order valence-electron chi connectivity index (χ3n) is 5.31. The first-order valence-electron chi connectivity index (χ1n) is 9.52. The number of hydrogen-bond donors (Lipinski definition) is 0. The Morgan fingerprint density at radius 3 is 2.35 bits per heavy atom. The second kappa shape index (κ2) is 7.23. The summed E-state index contributed by atoms with van der Waals surface area (Å²) in [6.07, 6.45) is 6.57. The summed E-state index contributed by atoms with van der Waals surface area (Å²) >= 11 is 0. The number of anilines is 2. The number of aromatic nitrogens is 3. The van der Waals surface area contributed by atoms with Crippen molar-refractivity contribution in [1.82, 2.24) is 20.0 Å². The minimum Gasteiger partial charge on any atom is -0.363 e. The van der Waals surface area contributed by atoms with Crippen molar-refractivity contribution < 1.29 is 4.52 Å². The first-order valence-corrected chi connectivity index (χ1v) is 9.52. The molecule has 2 aromatic heterocycles.